The lowest BCUT2D eigenvalue weighted by molar-refractivity contribution is 0.0573. The highest BCUT2D eigenvalue weighted by Crippen LogP contribution is 2.18. The van der Waals surface area contributed by atoms with Crippen LogP contribution in [0.15, 0.2) is 12.3 Å². The molecule has 6 nitrogen and oxygen atoms in total. The van der Waals surface area contributed by atoms with Gasteiger partial charge in [0.2, 0.25) is 10.0 Å². The van der Waals surface area contributed by atoms with Crippen LogP contribution in [-0.4, -0.2) is 70.5 Å². The minimum Gasteiger partial charge on any atom is -0.486 e. The molecule has 0 bridgehead atoms. The van der Waals surface area contributed by atoms with E-state index in [1.165, 1.54) is 19.1 Å². The van der Waals surface area contributed by atoms with Gasteiger partial charge in [0.25, 0.3) is 0 Å². The van der Waals surface area contributed by atoms with Crippen LogP contribution in [0.2, 0.25) is 0 Å². The maximum atomic E-state index is 11.0. The Balaban J connectivity index is 1.61. The summed E-state index contributed by atoms with van der Waals surface area (Å²) in [5.74, 6) is 0.726. The first kappa shape index (κ1) is 15.8. The molecule has 0 aromatic heterocycles. The summed E-state index contributed by atoms with van der Waals surface area (Å²) in [6.45, 7) is 6.21. The van der Waals surface area contributed by atoms with Gasteiger partial charge in [-0.15, -0.1) is 0 Å². The SMILES string of the molecule is CS(=O)(=O)NCCN1CCC(CN2CC=COC2)CC1. The smallest absolute Gasteiger partial charge is 0.208 e. The Bertz CT molecular complexity index is 417. The number of nitrogens with one attached hydrogen (secondary N) is 1. The minimum absolute atomic E-state index is 0.508. The van der Waals surface area contributed by atoms with Crippen molar-refractivity contribution < 1.29 is 13.2 Å². The number of hydrogen-bond donors (Lipinski definition) is 1. The third-order valence-electron chi connectivity index (χ3n) is 3.83. The number of nitrogens with zero attached hydrogens (tertiary/aromatic N) is 2. The fourth-order valence-corrected chi connectivity index (χ4v) is 3.20. The third kappa shape index (κ3) is 5.78. The quantitative estimate of drug-likeness (QED) is 0.751. The average molecular weight is 303 g/mol. The van der Waals surface area contributed by atoms with Gasteiger partial charge in [-0.1, -0.05) is 0 Å². The largest absolute Gasteiger partial charge is 0.486 e. The first-order valence-corrected chi connectivity index (χ1v) is 9.08. The zero-order valence-corrected chi connectivity index (χ0v) is 12.9. The van der Waals surface area contributed by atoms with Gasteiger partial charge in [0.15, 0.2) is 0 Å². The lowest BCUT2D eigenvalue weighted by Gasteiger charge is -2.35. The van der Waals surface area contributed by atoms with Crippen LogP contribution in [0.25, 0.3) is 0 Å². The molecule has 0 radical (unpaired) electrons. The summed E-state index contributed by atoms with van der Waals surface area (Å²) >= 11 is 0. The van der Waals surface area contributed by atoms with E-state index in [1.807, 2.05) is 0 Å². The van der Waals surface area contributed by atoms with Gasteiger partial charge in [0.05, 0.1) is 12.5 Å². The van der Waals surface area contributed by atoms with Crippen LogP contribution in [0, 0.1) is 5.92 Å². The van der Waals surface area contributed by atoms with Crippen LogP contribution in [0.3, 0.4) is 0 Å². The number of piperidine rings is 1. The normalized spacial score (nSPS) is 22.9. The van der Waals surface area contributed by atoms with Gasteiger partial charge in [-0.05, 0) is 37.9 Å². The standard InChI is InChI=1S/C13H25N3O3S/c1-20(17,18)14-5-9-15-7-3-13(4-8-15)11-16-6-2-10-19-12-16/h2,10,13-14H,3-9,11-12H2,1H3. The molecule has 1 N–H and O–H groups in total. The Morgan fingerprint density at radius 3 is 2.65 bits per heavy atom. The second kappa shape index (κ2) is 7.40. The second-order valence-electron chi connectivity index (χ2n) is 5.66. The van der Waals surface area contributed by atoms with Gasteiger partial charge < -0.3 is 9.64 Å². The minimum atomic E-state index is -3.06. The summed E-state index contributed by atoms with van der Waals surface area (Å²) in [6.07, 6.45) is 7.38. The van der Waals surface area contributed by atoms with E-state index in [-0.39, 0.29) is 0 Å². The molecule has 1 saturated heterocycles. The van der Waals surface area contributed by atoms with Crippen molar-refractivity contribution in [2.45, 2.75) is 12.8 Å². The summed E-state index contributed by atoms with van der Waals surface area (Å²) in [5.41, 5.74) is 0. The molecule has 116 valence electrons. The van der Waals surface area contributed by atoms with Crippen molar-refractivity contribution in [1.29, 1.82) is 0 Å². The lowest BCUT2D eigenvalue weighted by Crippen LogP contribution is -2.42. The molecular formula is C13H25N3O3S. The van der Waals surface area contributed by atoms with Gasteiger partial charge in [0.1, 0.15) is 6.73 Å². The zero-order chi connectivity index (χ0) is 14.4. The average Bonchev–Trinajstić information content (AvgIpc) is 2.41. The Hall–Kier alpha value is -0.630. The molecule has 2 heterocycles. The van der Waals surface area contributed by atoms with Crippen LogP contribution in [-0.2, 0) is 14.8 Å². The van der Waals surface area contributed by atoms with Crippen molar-refractivity contribution in [2.75, 3.05) is 52.3 Å². The summed E-state index contributed by atoms with van der Waals surface area (Å²) in [4.78, 5) is 4.66. The molecule has 1 fully saturated rings. The maximum Gasteiger partial charge on any atom is 0.208 e. The maximum absolute atomic E-state index is 11.0. The Labute approximate surface area is 121 Å². The van der Waals surface area contributed by atoms with Crippen molar-refractivity contribution in [3.63, 3.8) is 0 Å². The highest BCUT2D eigenvalue weighted by atomic mass is 32.2. The Morgan fingerprint density at radius 2 is 2.05 bits per heavy atom. The van der Waals surface area contributed by atoms with Crippen LogP contribution in [0.4, 0.5) is 0 Å². The van der Waals surface area contributed by atoms with Crippen molar-refractivity contribution in [3.05, 3.63) is 12.3 Å². The van der Waals surface area contributed by atoms with Gasteiger partial charge in [0, 0.05) is 26.2 Å². The summed E-state index contributed by atoms with van der Waals surface area (Å²) < 4.78 is 29.8. The molecule has 2 aliphatic rings. The summed E-state index contributed by atoms with van der Waals surface area (Å²) in [7, 11) is -3.06. The van der Waals surface area contributed by atoms with E-state index in [0.29, 0.717) is 13.3 Å². The molecule has 0 spiro atoms. The fourth-order valence-electron chi connectivity index (χ4n) is 2.74. The summed E-state index contributed by atoms with van der Waals surface area (Å²) in [5, 5.41) is 0. The predicted octanol–water partition coefficient (Wildman–Crippen LogP) is 0.0510. The predicted molar refractivity (Wildman–Crippen MR) is 78.7 cm³/mol. The van der Waals surface area contributed by atoms with E-state index in [2.05, 4.69) is 20.6 Å². The molecule has 0 aromatic carbocycles. The third-order valence-corrected chi connectivity index (χ3v) is 4.56. The second-order valence-corrected chi connectivity index (χ2v) is 7.49. The van der Waals surface area contributed by atoms with E-state index in [0.717, 1.165) is 38.6 Å². The molecule has 7 heteroatoms. The van der Waals surface area contributed by atoms with Gasteiger partial charge >= 0.3 is 0 Å². The van der Waals surface area contributed by atoms with E-state index < -0.39 is 10.0 Å². The molecule has 0 saturated carbocycles. The molecule has 0 amide bonds. The number of likely N-dealkylation sites (tertiary alicyclic amines) is 1. The zero-order valence-electron chi connectivity index (χ0n) is 12.1. The van der Waals surface area contributed by atoms with E-state index in [1.54, 1.807) is 6.26 Å². The van der Waals surface area contributed by atoms with Crippen LogP contribution < -0.4 is 4.72 Å². The first-order chi connectivity index (χ1) is 9.53. The van der Waals surface area contributed by atoms with Crippen molar-refractivity contribution >= 4 is 10.0 Å². The van der Waals surface area contributed by atoms with E-state index >= 15 is 0 Å². The molecule has 0 unspecified atom stereocenters. The Morgan fingerprint density at radius 1 is 1.30 bits per heavy atom. The van der Waals surface area contributed by atoms with Gasteiger partial charge in [-0.2, -0.15) is 0 Å². The van der Waals surface area contributed by atoms with Gasteiger partial charge in [-0.25, -0.2) is 13.1 Å². The molecule has 2 rings (SSSR count). The van der Waals surface area contributed by atoms with E-state index in [9.17, 15) is 8.42 Å². The number of ether oxygens (including phenoxy) is 1. The van der Waals surface area contributed by atoms with Crippen LogP contribution in [0.5, 0.6) is 0 Å². The first-order valence-electron chi connectivity index (χ1n) is 7.19. The topological polar surface area (TPSA) is 61.9 Å². The fraction of sp³-hybridized carbons (Fsp3) is 0.846. The Kier molecular flexibility index (Phi) is 5.83. The van der Waals surface area contributed by atoms with E-state index in [4.69, 9.17) is 4.74 Å². The molecule has 0 atom stereocenters. The highest BCUT2D eigenvalue weighted by molar-refractivity contribution is 7.88. The van der Waals surface area contributed by atoms with Crippen LogP contribution >= 0.6 is 0 Å². The molecule has 2 aliphatic heterocycles. The monoisotopic (exact) mass is 303 g/mol. The number of hydrogen-bond acceptors (Lipinski definition) is 5. The lowest BCUT2D eigenvalue weighted by atomic mass is 9.96. The molecule has 0 aromatic rings. The van der Waals surface area contributed by atoms with Crippen LogP contribution in [0.1, 0.15) is 12.8 Å². The van der Waals surface area contributed by atoms with Crippen molar-refractivity contribution in [2.24, 2.45) is 5.92 Å². The highest BCUT2D eigenvalue weighted by Gasteiger charge is 2.21. The van der Waals surface area contributed by atoms with Gasteiger partial charge in [-0.3, -0.25) is 4.90 Å². The number of rotatable bonds is 6. The molecule has 0 aliphatic carbocycles. The van der Waals surface area contributed by atoms with Crippen molar-refractivity contribution in [1.82, 2.24) is 14.5 Å². The summed E-state index contributed by atoms with van der Waals surface area (Å²) in [6, 6.07) is 0. The number of sulfonamides is 1. The molecule has 20 heavy (non-hydrogen) atoms. The molecular weight excluding hydrogens is 278 g/mol. The van der Waals surface area contributed by atoms with Crippen molar-refractivity contribution in [3.8, 4) is 0 Å².